The summed E-state index contributed by atoms with van der Waals surface area (Å²) in [6.07, 6.45) is 1.63. The zero-order valence-corrected chi connectivity index (χ0v) is 19.7. The van der Waals surface area contributed by atoms with Crippen molar-refractivity contribution in [1.29, 1.82) is 0 Å². The predicted molar refractivity (Wildman–Crippen MR) is 115 cm³/mol. The monoisotopic (exact) mass is 530 g/mol. The Hall–Kier alpha value is -1.90. The van der Waals surface area contributed by atoms with Crippen LogP contribution in [0.5, 0.6) is 0 Å². The van der Waals surface area contributed by atoms with E-state index in [2.05, 4.69) is 36.5 Å². The molecule has 14 heteroatoms. The van der Waals surface area contributed by atoms with E-state index >= 15 is 0 Å². The zero-order valence-electron chi connectivity index (χ0n) is 15.7. The number of amides is 2. The number of carbonyl (C=O) groups excluding carboxylic acids is 2. The van der Waals surface area contributed by atoms with Gasteiger partial charge in [0.15, 0.2) is 10.0 Å². The molecule has 0 saturated carbocycles. The number of carboxylic acid groups (broad SMARTS) is 1. The Morgan fingerprint density at radius 2 is 2.20 bits per heavy atom. The van der Waals surface area contributed by atoms with Crippen LogP contribution < -0.4 is 5.32 Å². The lowest BCUT2D eigenvalue weighted by molar-refractivity contribution is -0.148. The van der Waals surface area contributed by atoms with Gasteiger partial charge in [-0.3, -0.25) is 19.2 Å². The Morgan fingerprint density at radius 3 is 2.80 bits per heavy atom. The summed E-state index contributed by atoms with van der Waals surface area (Å²) in [7, 11) is 1.68. The average molecular weight is 531 g/mol. The van der Waals surface area contributed by atoms with E-state index in [9.17, 15) is 19.5 Å². The molecule has 0 spiro atoms. The van der Waals surface area contributed by atoms with Gasteiger partial charge in [-0.05, 0) is 28.4 Å². The highest BCUT2D eigenvalue weighted by Crippen LogP contribution is 2.41. The van der Waals surface area contributed by atoms with Crippen molar-refractivity contribution in [3.63, 3.8) is 0 Å². The number of rotatable bonds is 6. The zero-order chi connectivity index (χ0) is 21.6. The first kappa shape index (κ1) is 21.3. The fourth-order valence-electron chi connectivity index (χ4n) is 3.10. The highest BCUT2D eigenvalue weighted by molar-refractivity contribution is 9.10. The number of nitrogens with one attached hydrogen (secondary N) is 1. The van der Waals surface area contributed by atoms with Crippen LogP contribution in [0.1, 0.15) is 15.5 Å². The summed E-state index contributed by atoms with van der Waals surface area (Å²) in [6, 6.07) is -0.800. The molecule has 4 heterocycles. The van der Waals surface area contributed by atoms with Gasteiger partial charge in [-0.15, -0.1) is 22.0 Å². The molecule has 0 radical (unpaired) electrons. The maximum absolute atomic E-state index is 12.7. The Bertz CT molecular complexity index is 1080. The molecule has 2 aromatic heterocycles. The summed E-state index contributed by atoms with van der Waals surface area (Å²) in [4.78, 5) is 38.4. The predicted octanol–water partition coefficient (Wildman–Crippen LogP) is 1.49. The van der Waals surface area contributed by atoms with Crippen LogP contribution in [0, 0.1) is 6.92 Å². The van der Waals surface area contributed by atoms with Crippen LogP contribution in [0.3, 0.4) is 0 Å². The van der Waals surface area contributed by atoms with E-state index < -0.39 is 29.2 Å². The van der Waals surface area contributed by atoms with Gasteiger partial charge in [-0.2, -0.15) is 5.10 Å². The number of aliphatic carboxylic acids is 1. The van der Waals surface area contributed by atoms with Gasteiger partial charge in [-0.1, -0.05) is 23.1 Å². The number of carboxylic acids is 1. The van der Waals surface area contributed by atoms with Crippen molar-refractivity contribution >= 4 is 68.6 Å². The minimum atomic E-state index is -1.16. The lowest BCUT2D eigenvalue weighted by atomic mass is 10.0. The summed E-state index contributed by atoms with van der Waals surface area (Å²) < 4.78 is 2.75. The van der Waals surface area contributed by atoms with Crippen LogP contribution in [-0.4, -0.2) is 70.7 Å². The smallest absolute Gasteiger partial charge is 0.352 e. The molecule has 0 aromatic carbocycles. The van der Waals surface area contributed by atoms with E-state index in [-0.39, 0.29) is 11.4 Å². The molecule has 4 rings (SSSR count). The number of β-lactam (4-membered cyclic amide) rings is 1. The highest BCUT2D eigenvalue weighted by Gasteiger charge is 2.54. The summed E-state index contributed by atoms with van der Waals surface area (Å²) in [6.45, 7) is 1.85. The van der Waals surface area contributed by atoms with Gasteiger partial charge in [0.2, 0.25) is 0 Å². The molecule has 2 amide bonds. The number of halogens is 1. The molecule has 1 saturated heterocycles. The molecule has 2 aromatic rings. The van der Waals surface area contributed by atoms with Crippen molar-refractivity contribution in [2.24, 2.45) is 7.05 Å². The molecule has 0 unspecified atom stereocenters. The van der Waals surface area contributed by atoms with Crippen molar-refractivity contribution in [3.8, 4) is 0 Å². The maximum atomic E-state index is 12.7. The second kappa shape index (κ2) is 8.32. The van der Waals surface area contributed by atoms with Crippen LogP contribution in [0.15, 0.2) is 26.3 Å². The number of aryl methyl sites for hydroxylation is 2. The van der Waals surface area contributed by atoms with Gasteiger partial charge in [-0.25, -0.2) is 4.79 Å². The Kier molecular flexibility index (Phi) is 5.92. The number of hydrogen-bond donors (Lipinski definition) is 2. The van der Waals surface area contributed by atoms with Crippen LogP contribution in [-0.2, 0) is 16.6 Å². The number of fused-ring (bicyclic) bond motifs is 1. The SMILES string of the molecule is Cc1nnc(SCC2=C(C(=O)O)N3C(=O)[C@@H](NC(=O)c4nn(C)cc4Br)[C@@H]3SC2)s1. The molecule has 2 aliphatic heterocycles. The molecular formula is C16H15BrN6O4S3. The fraction of sp³-hybridized carbons (Fsp3) is 0.375. The van der Waals surface area contributed by atoms with E-state index in [1.54, 1.807) is 13.2 Å². The molecule has 0 bridgehead atoms. The Labute approximate surface area is 191 Å². The van der Waals surface area contributed by atoms with Crippen molar-refractivity contribution < 1.29 is 19.5 Å². The van der Waals surface area contributed by atoms with E-state index in [0.717, 1.165) is 9.35 Å². The van der Waals surface area contributed by atoms with Gasteiger partial charge in [0.1, 0.15) is 22.1 Å². The topological polar surface area (TPSA) is 130 Å². The van der Waals surface area contributed by atoms with Gasteiger partial charge >= 0.3 is 5.97 Å². The summed E-state index contributed by atoms with van der Waals surface area (Å²) in [5, 5.41) is 24.8. The molecule has 0 aliphatic carbocycles. The molecule has 2 aliphatic rings. The number of thioether (sulfide) groups is 2. The van der Waals surface area contributed by atoms with Gasteiger partial charge < -0.3 is 10.4 Å². The molecule has 10 nitrogen and oxygen atoms in total. The number of aromatic nitrogens is 4. The van der Waals surface area contributed by atoms with Crippen LogP contribution in [0.4, 0.5) is 0 Å². The lowest BCUT2D eigenvalue weighted by Crippen LogP contribution is -2.70. The van der Waals surface area contributed by atoms with Crippen molar-refractivity contribution in [2.75, 3.05) is 11.5 Å². The van der Waals surface area contributed by atoms with E-state index in [1.807, 2.05) is 6.92 Å². The van der Waals surface area contributed by atoms with Crippen LogP contribution in [0.25, 0.3) is 0 Å². The number of hydrogen-bond acceptors (Lipinski definition) is 9. The first-order valence-electron chi connectivity index (χ1n) is 8.59. The second-order valence-electron chi connectivity index (χ2n) is 6.49. The standard InChI is InChI=1S/C16H15BrN6O4S3/c1-6-19-20-16(30-6)29-5-7-4-28-14-10(13(25)23(14)11(7)15(26)27)18-12(24)9-8(17)3-22(2)21-9/h3,10,14H,4-5H2,1-2H3,(H,18,24)(H,26,27)/t10-,14+/m1/s1. The Balaban J connectivity index is 1.49. The van der Waals surface area contributed by atoms with E-state index in [1.165, 1.54) is 44.4 Å². The third-order valence-corrected chi connectivity index (χ3v) is 8.39. The molecule has 30 heavy (non-hydrogen) atoms. The highest BCUT2D eigenvalue weighted by atomic mass is 79.9. The fourth-order valence-corrected chi connectivity index (χ4v) is 6.96. The molecule has 1 fully saturated rings. The number of nitrogens with zero attached hydrogens (tertiary/aromatic N) is 5. The summed E-state index contributed by atoms with van der Waals surface area (Å²) in [5.41, 5.74) is 0.803. The van der Waals surface area contributed by atoms with Crippen molar-refractivity contribution in [1.82, 2.24) is 30.2 Å². The number of carbonyl (C=O) groups is 3. The van der Waals surface area contributed by atoms with E-state index in [4.69, 9.17) is 0 Å². The third-order valence-electron chi connectivity index (χ3n) is 4.41. The average Bonchev–Trinajstić information content (AvgIpc) is 3.27. The largest absolute Gasteiger partial charge is 0.477 e. The molecular weight excluding hydrogens is 516 g/mol. The third kappa shape index (κ3) is 3.88. The molecule has 2 atom stereocenters. The first-order valence-corrected chi connectivity index (χ1v) is 12.2. The molecule has 2 N–H and O–H groups in total. The van der Waals surface area contributed by atoms with Crippen LogP contribution in [0.2, 0.25) is 0 Å². The quantitative estimate of drug-likeness (QED) is 0.421. The lowest BCUT2D eigenvalue weighted by Gasteiger charge is -2.49. The second-order valence-corrected chi connectivity index (χ2v) is 10.9. The summed E-state index contributed by atoms with van der Waals surface area (Å²) in [5.74, 6) is -1.25. The maximum Gasteiger partial charge on any atom is 0.352 e. The first-order chi connectivity index (χ1) is 14.3. The van der Waals surface area contributed by atoms with Gasteiger partial charge in [0, 0.05) is 24.8 Å². The van der Waals surface area contributed by atoms with Crippen molar-refractivity contribution in [2.45, 2.75) is 22.7 Å². The normalized spacial score (nSPS) is 20.8. The van der Waals surface area contributed by atoms with Crippen molar-refractivity contribution in [3.05, 3.63) is 32.6 Å². The minimum Gasteiger partial charge on any atom is -0.477 e. The van der Waals surface area contributed by atoms with E-state index in [0.29, 0.717) is 21.6 Å². The van der Waals surface area contributed by atoms with Crippen LogP contribution >= 0.6 is 50.8 Å². The van der Waals surface area contributed by atoms with Gasteiger partial charge in [0.05, 0.1) is 4.47 Å². The van der Waals surface area contributed by atoms with Gasteiger partial charge in [0.25, 0.3) is 11.8 Å². The summed E-state index contributed by atoms with van der Waals surface area (Å²) >= 11 is 7.52. The molecule has 158 valence electrons. The Morgan fingerprint density at radius 1 is 1.43 bits per heavy atom. The minimum absolute atomic E-state index is 0.0120.